The molecular formula is C23H25F2N5O2. The summed E-state index contributed by atoms with van der Waals surface area (Å²) in [4.78, 5) is 18.9. The van der Waals surface area contributed by atoms with Gasteiger partial charge in [-0.1, -0.05) is 35.5 Å². The lowest BCUT2D eigenvalue weighted by atomic mass is 10.0. The minimum absolute atomic E-state index is 0.0346. The zero-order valence-corrected chi connectivity index (χ0v) is 17.5. The largest absolute Gasteiger partial charge is 0.338 e. The van der Waals surface area contributed by atoms with Gasteiger partial charge in [-0.15, -0.1) is 0 Å². The van der Waals surface area contributed by atoms with Gasteiger partial charge < -0.3 is 20.5 Å². The van der Waals surface area contributed by atoms with Crippen molar-refractivity contribution in [3.05, 3.63) is 65.7 Å². The maximum absolute atomic E-state index is 13.8. The molecule has 2 unspecified atom stereocenters. The molecule has 2 heterocycles. The Morgan fingerprint density at radius 2 is 2.09 bits per heavy atom. The molecule has 2 atom stereocenters. The van der Waals surface area contributed by atoms with E-state index in [1.807, 2.05) is 0 Å². The van der Waals surface area contributed by atoms with Crippen molar-refractivity contribution in [2.45, 2.75) is 37.8 Å². The van der Waals surface area contributed by atoms with Crippen molar-refractivity contribution >= 4 is 11.9 Å². The van der Waals surface area contributed by atoms with Gasteiger partial charge in [0.2, 0.25) is 11.7 Å². The Balaban J connectivity index is 1.31. The van der Waals surface area contributed by atoms with Crippen molar-refractivity contribution in [2.24, 2.45) is 5.73 Å². The highest BCUT2D eigenvalue weighted by Gasteiger charge is 2.29. The third-order valence-corrected chi connectivity index (χ3v) is 5.57. The summed E-state index contributed by atoms with van der Waals surface area (Å²) in [6.45, 7) is 1.09. The minimum atomic E-state index is -0.460. The summed E-state index contributed by atoms with van der Waals surface area (Å²) in [7, 11) is 0. The van der Waals surface area contributed by atoms with Crippen molar-refractivity contribution in [3.63, 3.8) is 0 Å². The Hall–Kier alpha value is -3.33. The molecule has 2 aromatic carbocycles. The number of carbonyl (C=O) groups excluding carboxylic acids is 1. The number of rotatable bonds is 8. The molecule has 32 heavy (non-hydrogen) atoms. The number of hydrogen-bond acceptors (Lipinski definition) is 6. The number of anilines is 1. The molecule has 1 aliphatic rings. The Bertz CT molecular complexity index is 1070. The average Bonchev–Trinajstić information content (AvgIpc) is 3.43. The number of nitrogens with two attached hydrogens (primary N) is 1. The normalized spacial score (nSPS) is 16.8. The molecule has 0 aliphatic carbocycles. The van der Waals surface area contributed by atoms with Crippen molar-refractivity contribution in [3.8, 4) is 11.4 Å². The first kappa shape index (κ1) is 21.9. The molecule has 3 N–H and O–H groups in total. The SMILES string of the molecule is NC(CC(=O)N1CCCC1CNc1nc(-c2cccc(F)c2)no1)Cc1ccccc1F. The molecule has 7 nitrogen and oxygen atoms in total. The van der Waals surface area contributed by atoms with Gasteiger partial charge >= 0.3 is 6.01 Å². The van der Waals surface area contributed by atoms with Gasteiger partial charge in [0, 0.05) is 37.2 Å². The van der Waals surface area contributed by atoms with Crippen molar-refractivity contribution in [1.29, 1.82) is 0 Å². The Labute approximate surface area is 184 Å². The molecule has 4 rings (SSSR count). The maximum atomic E-state index is 13.8. The van der Waals surface area contributed by atoms with Crippen LogP contribution in [0.4, 0.5) is 14.8 Å². The zero-order chi connectivity index (χ0) is 22.5. The van der Waals surface area contributed by atoms with E-state index in [9.17, 15) is 13.6 Å². The standard InChI is InChI=1S/C23H25F2N5O2/c24-17-7-3-6-16(11-17)22-28-23(32-29-22)27-14-19-8-4-10-30(19)21(31)13-18(26)12-15-5-1-2-9-20(15)25/h1-3,5-7,9,11,18-19H,4,8,10,12-14,26H2,(H,27,28,29). The fraction of sp³-hybridized carbons (Fsp3) is 0.348. The van der Waals surface area contributed by atoms with Crippen molar-refractivity contribution < 1.29 is 18.1 Å². The summed E-state index contributed by atoms with van der Waals surface area (Å²) in [5.74, 6) is -0.458. The Morgan fingerprint density at radius 3 is 2.91 bits per heavy atom. The van der Waals surface area contributed by atoms with Crippen LogP contribution in [0.3, 0.4) is 0 Å². The summed E-state index contributed by atoms with van der Waals surface area (Å²) in [6, 6.07) is 12.1. The van der Waals surface area contributed by atoms with E-state index in [4.69, 9.17) is 10.3 Å². The van der Waals surface area contributed by atoms with Gasteiger partial charge in [0.15, 0.2) is 0 Å². The monoisotopic (exact) mass is 441 g/mol. The van der Waals surface area contributed by atoms with E-state index >= 15 is 0 Å². The van der Waals surface area contributed by atoms with E-state index in [1.54, 1.807) is 35.2 Å². The van der Waals surface area contributed by atoms with Gasteiger partial charge in [0.1, 0.15) is 11.6 Å². The summed E-state index contributed by atoms with van der Waals surface area (Å²) >= 11 is 0. The van der Waals surface area contributed by atoms with Gasteiger partial charge in [-0.2, -0.15) is 4.98 Å². The van der Waals surface area contributed by atoms with Crippen molar-refractivity contribution in [1.82, 2.24) is 15.0 Å². The lowest BCUT2D eigenvalue weighted by molar-refractivity contribution is -0.132. The van der Waals surface area contributed by atoms with Crippen LogP contribution in [-0.2, 0) is 11.2 Å². The van der Waals surface area contributed by atoms with Crippen LogP contribution in [-0.4, -0.2) is 46.1 Å². The predicted molar refractivity (Wildman–Crippen MR) is 116 cm³/mol. The van der Waals surface area contributed by atoms with Crippen LogP contribution >= 0.6 is 0 Å². The van der Waals surface area contributed by atoms with Crippen LogP contribution in [0.2, 0.25) is 0 Å². The molecule has 1 amide bonds. The molecule has 168 valence electrons. The average molecular weight is 441 g/mol. The van der Waals surface area contributed by atoms with E-state index in [1.165, 1.54) is 18.2 Å². The molecule has 1 aliphatic heterocycles. The van der Waals surface area contributed by atoms with Crippen LogP contribution in [0.5, 0.6) is 0 Å². The second-order valence-corrected chi connectivity index (χ2v) is 7.96. The van der Waals surface area contributed by atoms with Crippen LogP contribution in [0.25, 0.3) is 11.4 Å². The molecule has 0 saturated carbocycles. The molecule has 0 spiro atoms. The highest BCUT2D eigenvalue weighted by Crippen LogP contribution is 2.22. The number of halogens is 2. The van der Waals surface area contributed by atoms with Gasteiger partial charge in [-0.25, -0.2) is 8.78 Å². The van der Waals surface area contributed by atoms with Crippen LogP contribution < -0.4 is 11.1 Å². The highest BCUT2D eigenvalue weighted by atomic mass is 19.1. The first-order valence-electron chi connectivity index (χ1n) is 10.6. The van der Waals surface area contributed by atoms with E-state index in [0.29, 0.717) is 30.6 Å². The van der Waals surface area contributed by atoms with Crippen LogP contribution in [0.1, 0.15) is 24.8 Å². The lowest BCUT2D eigenvalue weighted by Crippen LogP contribution is -2.42. The molecule has 0 bridgehead atoms. The first-order valence-corrected chi connectivity index (χ1v) is 10.6. The Kier molecular flexibility index (Phi) is 6.75. The third-order valence-electron chi connectivity index (χ3n) is 5.57. The molecule has 1 saturated heterocycles. The summed E-state index contributed by atoms with van der Waals surface area (Å²) in [6.07, 6.45) is 2.18. The lowest BCUT2D eigenvalue weighted by Gasteiger charge is -2.26. The number of likely N-dealkylation sites (tertiary alicyclic amines) is 1. The number of hydrogen-bond donors (Lipinski definition) is 2. The number of nitrogens with one attached hydrogen (secondary N) is 1. The predicted octanol–water partition coefficient (Wildman–Crippen LogP) is 3.38. The fourth-order valence-corrected chi connectivity index (χ4v) is 3.98. The third kappa shape index (κ3) is 5.28. The topological polar surface area (TPSA) is 97.3 Å². The summed E-state index contributed by atoms with van der Waals surface area (Å²) in [5, 5.41) is 6.94. The summed E-state index contributed by atoms with van der Waals surface area (Å²) < 4.78 is 32.4. The maximum Gasteiger partial charge on any atom is 0.321 e. The number of benzene rings is 2. The van der Waals surface area contributed by atoms with E-state index in [2.05, 4.69) is 15.5 Å². The molecular weight excluding hydrogens is 416 g/mol. The van der Waals surface area contributed by atoms with E-state index < -0.39 is 6.04 Å². The van der Waals surface area contributed by atoms with Gasteiger partial charge in [0.25, 0.3) is 0 Å². The quantitative estimate of drug-likeness (QED) is 0.556. The molecule has 0 radical (unpaired) electrons. The van der Waals surface area contributed by atoms with Crippen LogP contribution in [0.15, 0.2) is 53.1 Å². The zero-order valence-electron chi connectivity index (χ0n) is 17.5. The van der Waals surface area contributed by atoms with E-state index in [-0.39, 0.29) is 41.8 Å². The van der Waals surface area contributed by atoms with Crippen LogP contribution in [0, 0.1) is 11.6 Å². The first-order chi connectivity index (χ1) is 15.5. The highest BCUT2D eigenvalue weighted by molar-refractivity contribution is 5.77. The number of nitrogens with zero attached hydrogens (tertiary/aromatic N) is 3. The second-order valence-electron chi connectivity index (χ2n) is 7.96. The smallest absolute Gasteiger partial charge is 0.321 e. The van der Waals surface area contributed by atoms with Crippen molar-refractivity contribution in [2.75, 3.05) is 18.4 Å². The fourth-order valence-electron chi connectivity index (χ4n) is 3.98. The van der Waals surface area contributed by atoms with Gasteiger partial charge in [-0.05, 0) is 43.0 Å². The molecule has 1 aromatic heterocycles. The molecule has 1 fully saturated rings. The molecule has 9 heteroatoms. The van der Waals surface area contributed by atoms with Gasteiger partial charge in [-0.3, -0.25) is 4.79 Å². The summed E-state index contributed by atoms with van der Waals surface area (Å²) in [5.41, 5.74) is 7.16. The number of amides is 1. The number of aromatic nitrogens is 2. The number of carbonyl (C=O) groups is 1. The van der Waals surface area contributed by atoms with Gasteiger partial charge in [0.05, 0.1) is 0 Å². The minimum Gasteiger partial charge on any atom is -0.338 e. The second kappa shape index (κ2) is 9.86. The van der Waals surface area contributed by atoms with E-state index in [0.717, 1.165) is 12.8 Å². The Morgan fingerprint density at radius 1 is 1.25 bits per heavy atom. The molecule has 3 aromatic rings.